The molecule has 1 fully saturated rings. The van der Waals surface area contributed by atoms with Gasteiger partial charge in [0.15, 0.2) is 0 Å². The number of aromatic amines is 1. The quantitative estimate of drug-likeness (QED) is 0.121. The lowest BCUT2D eigenvalue weighted by Gasteiger charge is -2.28. The van der Waals surface area contributed by atoms with E-state index in [0.29, 0.717) is 36.0 Å². The molecule has 5 rings (SSSR count). The van der Waals surface area contributed by atoms with Crippen LogP contribution in [0.5, 0.6) is 0 Å². The highest BCUT2D eigenvalue weighted by Gasteiger charge is 2.29. The van der Waals surface area contributed by atoms with E-state index in [2.05, 4.69) is 46.4 Å². The molecule has 4 aromatic rings. The number of nitrogens with two attached hydrogens (primary N) is 1. The number of anilines is 1. The predicted octanol–water partition coefficient (Wildman–Crippen LogP) is 3.92. The maximum absolute atomic E-state index is 13.7. The van der Waals surface area contributed by atoms with Crippen molar-refractivity contribution in [3.63, 3.8) is 0 Å². The van der Waals surface area contributed by atoms with Crippen LogP contribution in [0.4, 0.5) is 5.69 Å². The zero-order valence-electron chi connectivity index (χ0n) is 31.3. The fourth-order valence-electron chi connectivity index (χ4n) is 6.86. The Labute approximate surface area is 318 Å². The van der Waals surface area contributed by atoms with E-state index in [1.807, 2.05) is 77.6 Å². The molecule has 284 valence electrons. The zero-order valence-corrected chi connectivity index (χ0v) is 32.1. The summed E-state index contributed by atoms with van der Waals surface area (Å²) >= 11 is 0. The fraction of sp³-hybridized carbons (Fsp3) is 0.436. The predicted molar refractivity (Wildman–Crippen MR) is 211 cm³/mol. The second-order valence-electron chi connectivity index (χ2n) is 14.4. The van der Waals surface area contributed by atoms with E-state index >= 15 is 0 Å². The molecule has 6 N–H and O–H groups in total. The molecule has 1 heterocycles. The van der Waals surface area contributed by atoms with Gasteiger partial charge in [0.25, 0.3) is 5.91 Å². The van der Waals surface area contributed by atoms with Crippen LogP contribution in [0.1, 0.15) is 47.2 Å². The summed E-state index contributed by atoms with van der Waals surface area (Å²) < 4.78 is 0. The molecule has 13 nitrogen and oxygen atoms in total. The molecule has 53 heavy (non-hydrogen) atoms. The molecule has 1 aliphatic carbocycles. The van der Waals surface area contributed by atoms with Gasteiger partial charge in [0.2, 0.25) is 17.6 Å². The first-order valence-electron chi connectivity index (χ1n) is 17.9. The Balaban J connectivity index is 0.00000627. The summed E-state index contributed by atoms with van der Waals surface area (Å²) in [5.74, 6) is 0.257. The lowest BCUT2D eigenvalue weighted by Crippen LogP contribution is -2.48. The van der Waals surface area contributed by atoms with Crippen molar-refractivity contribution in [1.82, 2.24) is 41.1 Å². The Morgan fingerprint density at radius 3 is 2.08 bits per heavy atom. The number of benzene rings is 3. The van der Waals surface area contributed by atoms with E-state index in [4.69, 9.17) is 5.73 Å². The van der Waals surface area contributed by atoms with Crippen molar-refractivity contribution in [2.75, 3.05) is 53.1 Å². The van der Waals surface area contributed by atoms with E-state index in [1.54, 1.807) is 24.3 Å². The molecule has 0 aliphatic heterocycles. The Morgan fingerprint density at radius 1 is 0.868 bits per heavy atom. The summed E-state index contributed by atoms with van der Waals surface area (Å²) in [4.78, 5) is 44.5. The van der Waals surface area contributed by atoms with Gasteiger partial charge in [0.1, 0.15) is 6.04 Å². The van der Waals surface area contributed by atoms with Gasteiger partial charge in [-0.15, -0.1) is 22.6 Å². The van der Waals surface area contributed by atoms with E-state index in [-0.39, 0.29) is 42.1 Å². The molecule has 3 aromatic carbocycles. The lowest BCUT2D eigenvalue weighted by molar-refractivity contribution is -0.130. The molecular weight excluding hydrogens is 692 g/mol. The number of nitrogens with one attached hydrogen (secondary N) is 4. The molecule has 0 unspecified atom stereocenters. The van der Waals surface area contributed by atoms with E-state index in [0.717, 1.165) is 66.6 Å². The third-order valence-electron chi connectivity index (χ3n) is 9.64. The van der Waals surface area contributed by atoms with Gasteiger partial charge < -0.3 is 31.5 Å². The highest BCUT2D eigenvalue weighted by molar-refractivity contribution is 5.98. The van der Waals surface area contributed by atoms with Crippen molar-refractivity contribution in [3.05, 3.63) is 83.4 Å². The molecule has 1 saturated carbocycles. The summed E-state index contributed by atoms with van der Waals surface area (Å²) in [5, 5.41) is 23.3. The molecule has 1 atom stereocenters. The maximum Gasteiger partial charge on any atom is 0.251 e. The average molecular weight is 745 g/mol. The Bertz CT molecular complexity index is 1760. The number of H-pyrrole nitrogens is 1. The van der Waals surface area contributed by atoms with Crippen molar-refractivity contribution in [1.29, 1.82) is 0 Å². The van der Waals surface area contributed by atoms with Gasteiger partial charge in [-0.3, -0.25) is 14.4 Å². The lowest BCUT2D eigenvalue weighted by atomic mass is 9.81. The van der Waals surface area contributed by atoms with E-state index < -0.39 is 6.04 Å². The first-order valence-corrected chi connectivity index (χ1v) is 17.9. The fourth-order valence-corrected chi connectivity index (χ4v) is 6.86. The van der Waals surface area contributed by atoms with Crippen LogP contribution in [0, 0.1) is 18.8 Å². The summed E-state index contributed by atoms with van der Waals surface area (Å²) in [6.07, 6.45) is 3.67. The third kappa shape index (κ3) is 11.6. The third-order valence-corrected chi connectivity index (χ3v) is 9.64. The largest absolute Gasteiger partial charge is 0.347 e. The monoisotopic (exact) mass is 744 g/mol. The molecule has 0 saturated heterocycles. The summed E-state index contributed by atoms with van der Waals surface area (Å²) in [5.41, 5.74) is 11.7. The molecular formula is C39H53ClN10O3. The van der Waals surface area contributed by atoms with E-state index in [1.165, 1.54) is 0 Å². The topological polar surface area (TPSA) is 174 Å². The van der Waals surface area contributed by atoms with E-state index in [9.17, 15) is 14.4 Å². The van der Waals surface area contributed by atoms with Crippen molar-refractivity contribution in [2.45, 2.75) is 51.1 Å². The van der Waals surface area contributed by atoms with Crippen molar-refractivity contribution >= 4 is 35.8 Å². The first kappa shape index (κ1) is 41.1. The van der Waals surface area contributed by atoms with Gasteiger partial charge in [-0.1, -0.05) is 30.3 Å². The van der Waals surface area contributed by atoms with Gasteiger partial charge >= 0.3 is 0 Å². The molecule has 1 aliphatic rings. The minimum Gasteiger partial charge on any atom is -0.347 e. The van der Waals surface area contributed by atoms with Gasteiger partial charge in [0, 0.05) is 42.2 Å². The summed E-state index contributed by atoms with van der Waals surface area (Å²) in [7, 11) is 8.00. The number of halogens is 1. The summed E-state index contributed by atoms with van der Waals surface area (Å²) in [6.45, 7) is 4.12. The Kier molecular flexibility index (Phi) is 15.0. The molecule has 0 bridgehead atoms. The number of hydrogen-bond donors (Lipinski definition) is 5. The van der Waals surface area contributed by atoms with Crippen LogP contribution >= 0.6 is 12.4 Å². The second-order valence-corrected chi connectivity index (χ2v) is 14.4. The Morgan fingerprint density at radius 2 is 1.51 bits per heavy atom. The smallest absolute Gasteiger partial charge is 0.251 e. The van der Waals surface area contributed by atoms with Crippen LogP contribution in [-0.2, 0) is 16.0 Å². The van der Waals surface area contributed by atoms with Crippen LogP contribution in [0.25, 0.3) is 22.5 Å². The number of carbonyl (C=O) groups excluding carboxylic acids is 3. The number of rotatable bonds is 15. The number of aromatic nitrogens is 4. The average Bonchev–Trinajstić information content (AvgIpc) is 3.67. The van der Waals surface area contributed by atoms with Crippen LogP contribution < -0.4 is 21.7 Å². The Hall–Kier alpha value is -4.69. The van der Waals surface area contributed by atoms with Gasteiger partial charge in [-0.2, -0.15) is 5.21 Å². The number of carbonyl (C=O) groups is 3. The normalized spacial score (nSPS) is 16.2. The number of likely N-dealkylation sites (N-methyl/N-ethyl adjacent to an activating group) is 2. The minimum absolute atomic E-state index is 0. The molecule has 1 aromatic heterocycles. The van der Waals surface area contributed by atoms with Crippen molar-refractivity contribution in [3.8, 4) is 22.5 Å². The second kappa shape index (κ2) is 19.4. The van der Waals surface area contributed by atoms with Crippen LogP contribution in [0.2, 0.25) is 0 Å². The highest BCUT2D eigenvalue weighted by atomic mass is 35.5. The highest BCUT2D eigenvalue weighted by Crippen LogP contribution is 2.29. The molecule has 0 spiro atoms. The standard InChI is InChI=1S/C39H52N10O3.ClH/c1-25-20-31(38(51)42-33(23-48(2)3)24-49(4)5)16-19-34(25)28-10-6-26(7-11-28)21-35(43-37(50)30-12-8-27(22-40)9-13-30)39(52)41-32-17-14-29(15-18-32)36-44-46-47-45-36;/h6-7,10-11,14-20,27,30,33,35H,8-9,12-13,21-24,40H2,1-5H3,(H,41,52)(H,42,51)(H,43,50)(H,44,45,46,47);1H/t27-,30-,35-;/m0./s1. The summed E-state index contributed by atoms with van der Waals surface area (Å²) in [6, 6.07) is 20.1. The maximum atomic E-state index is 13.7. The number of nitrogens with zero attached hydrogens (tertiary/aromatic N) is 5. The number of amides is 3. The zero-order chi connectivity index (χ0) is 37.2. The van der Waals surface area contributed by atoms with Gasteiger partial charge in [0.05, 0.1) is 6.04 Å². The number of aryl methyl sites for hydroxylation is 1. The minimum atomic E-state index is -0.786. The molecule has 3 amide bonds. The van der Waals surface area contributed by atoms with Crippen LogP contribution in [0.3, 0.4) is 0 Å². The molecule has 14 heteroatoms. The van der Waals surface area contributed by atoms with Gasteiger partial charge in [-0.25, -0.2) is 0 Å². The number of hydrogen-bond acceptors (Lipinski definition) is 9. The van der Waals surface area contributed by atoms with Gasteiger partial charge in [-0.05, 0) is 137 Å². The van der Waals surface area contributed by atoms with Crippen molar-refractivity contribution in [2.24, 2.45) is 17.6 Å². The SMILES string of the molecule is Cc1cc(C(=O)NC(CN(C)C)CN(C)C)ccc1-c1ccc(C[C@H](NC(=O)[C@H]2CC[C@H](CN)CC2)C(=O)Nc2ccc(-c3nn[nH]n3)cc2)cc1.Cl. The van der Waals surface area contributed by atoms with Crippen LogP contribution in [0.15, 0.2) is 66.7 Å². The van der Waals surface area contributed by atoms with Crippen LogP contribution in [-0.4, -0.2) is 108 Å². The van der Waals surface area contributed by atoms with Crippen molar-refractivity contribution < 1.29 is 14.4 Å². The number of tetrazole rings is 1. The first-order chi connectivity index (χ1) is 25.0. The molecule has 0 radical (unpaired) electrons.